The quantitative estimate of drug-likeness (QED) is 0.741. The van der Waals surface area contributed by atoms with E-state index in [1.54, 1.807) is 19.3 Å². The lowest BCUT2D eigenvalue weighted by Gasteiger charge is -2.24. The maximum Gasteiger partial charge on any atom is 0.265 e. The number of nitrogens with one attached hydrogen (secondary N) is 2. The normalized spacial score (nSPS) is 15.5. The topological polar surface area (TPSA) is 89.0 Å². The highest BCUT2D eigenvalue weighted by molar-refractivity contribution is 5.98. The van der Waals surface area contributed by atoms with E-state index in [2.05, 4.69) is 25.6 Å². The second-order valence-corrected chi connectivity index (χ2v) is 6.43. The van der Waals surface area contributed by atoms with E-state index < -0.39 is 6.10 Å². The third-order valence-electron chi connectivity index (χ3n) is 4.48. The Bertz CT molecular complexity index is 1020. The summed E-state index contributed by atoms with van der Waals surface area (Å²) in [4.78, 5) is 25.2. The van der Waals surface area contributed by atoms with Gasteiger partial charge in [0, 0.05) is 34.9 Å². The number of benzene rings is 1. The van der Waals surface area contributed by atoms with E-state index in [1.165, 1.54) is 0 Å². The van der Waals surface area contributed by atoms with Crippen molar-refractivity contribution in [2.75, 3.05) is 10.6 Å². The molecule has 2 N–H and O–H groups in total. The molecule has 2 aromatic heterocycles. The molecule has 3 heterocycles. The molecular weight excluding hydrogens is 342 g/mol. The Morgan fingerprint density at radius 2 is 2.04 bits per heavy atom. The number of nitrogens with zero attached hydrogens (tertiary/aromatic N) is 3. The van der Waals surface area contributed by atoms with Crippen LogP contribution in [0.4, 0.5) is 17.2 Å². The maximum atomic E-state index is 11.8. The predicted molar refractivity (Wildman–Crippen MR) is 103 cm³/mol. The van der Waals surface area contributed by atoms with Crippen molar-refractivity contribution in [3.8, 4) is 17.1 Å². The third kappa shape index (κ3) is 3.31. The minimum atomic E-state index is -0.495. The van der Waals surface area contributed by atoms with Crippen LogP contribution in [-0.4, -0.2) is 27.0 Å². The van der Waals surface area contributed by atoms with Crippen molar-refractivity contribution in [3.05, 3.63) is 54.0 Å². The number of amides is 1. The minimum Gasteiger partial charge on any atom is -0.479 e. The van der Waals surface area contributed by atoms with Crippen LogP contribution in [0.5, 0.6) is 5.75 Å². The smallest absolute Gasteiger partial charge is 0.265 e. The number of pyridine rings is 1. The first-order chi connectivity index (χ1) is 13.0. The van der Waals surface area contributed by atoms with Gasteiger partial charge in [-0.15, -0.1) is 0 Å². The van der Waals surface area contributed by atoms with Gasteiger partial charge in [0.05, 0.1) is 5.69 Å². The molecule has 0 spiro atoms. The van der Waals surface area contributed by atoms with Crippen molar-refractivity contribution in [2.24, 2.45) is 0 Å². The Kier molecular flexibility index (Phi) is 4.19. The molecule has 0 radical (unpaired) electrons. The predicted octanol–water partition coefficient (Wildman–Crippen LogP) is 3.62. The highest BCUT2D eigenvalue weighted by Gasteiger charge is 2.23. The molecule has 0 aliphatic carbocycles. The first kappa shape index (κ1) is 17.0. The number of aryl methyl sites for hydroxylation is 1. The zero-order valence-corrected chi connectivity index (χ0v) is 15.3. The van der Waals surface area contributed by atoms with Gasteiger partial charge in [0.2, 0.25) is 0 Å². The molecule has 1 aliphatic heterocycles. The fourth-order valence-corrected chi connectivity index (χ4v) is 2.80. The summed E-state index contributed by atoms with van der Waals surface area (Å²) < 4.78 is 5.60. The van der Waals surface area contributed by atoms with Gasteiger partial charge in [-0.1, -0.05) is 0 Å². The lowest BCUT2D eigenvalue weighted by molar-refractivity contribution is -0.122. The number of hydrogen-bond donors (Lipinski definition) is 2. The number of hydrogen-bond acceptors (Lipinski definition) is 6. The van der Waals surface area contributed by atoms with E-state index in [0.717, 1.165) is 22.5 Å². The number of anilines is 3. The number of ether oxygens (including phenoxy) is 1. The van der Waals surface area contributed by atoms with E-state index in [1.807, 2.05) is 44.2 Å². The SMILES string of the molecule is Cc1nc(-c2cccnc2)nc(Nc2ccc3c(c2)NC(=O)C(C)O3)c1C. The summed E-state index contributed by atoms with van der Waals surface area (Å²) in [5.41, 5.74) is 4.12. The molecule has 0 saturated heterocycles. The molecule has 1 aliphatic rings. The molecule has 0 bridgehead atoms. The van der Waals surface area contributed by atoms with E-state index in [4.69, 9.17) is 4.74 Å². The van der Waals surface area contributed by atoms with Crippen LogP contribution in [0.1, 0.15) is 18.2 Å². The first-order valence-corrected chi connectivity index (χ1v) is 8.65. The molecule has 1 atom stereocenters. The fraction of sp³-hybridized carbons (Fsp3) is 0.200. The summed E-state index contributed by atoms with van der Waals surface area (Å²) in [6.07, 6.45) is 2.96. The summed E-state index contributed by atoms with van der Waals surface area (Å²) in [6, 6.07) is 9.34. The Morgan fingerprint density at radius 3 is 2.81 bits per heavy atom. The molecule has 0 saturated carbocycles. The standard InChI is InChI=1S/C20H19N5O2/c1-11-12(2)22-19(14-5-4-8-21-10-14)25-18(11)23-15-6-7-17-16(9-15)24-20(26)13(3)27-17/h4-10,13H,1-3H3,(H,24,26)(H,22,23,25). The molecule has 1 aromatic carbocycles. The molecule has 7 nitrogen and oxygen atoms in total. The van der Waals surface area contributed by atoms with E-state index in [0.29, 0.717) is 23.1 Å². The summed E-state index contributed by atoms with van der Waals surface area (Å²) >= 11 is 0. The summed E-state index contributed by atoms with van der Waals surface area (Å²) in [6.45, 7) is 5.64. The molecule has 4 rings (SSSR count). The van der Waals surface area contributed by atoms with Gasteiger partial charge in [-0.3, -0.25) is 9.78 Å². The van der Waals surface area contributed by atoms with Gasteiger partial charge in [0.15, 0.2) is 11.9 Å². The largest absolute Gasteiger partial charge is 0.479 e. The second-order valence-electron chi connectivity index (χ2n) is 6.43. The fourth-order valence-electron chi connectivity index (χ4n) is 2.80. The van der Waals surface area contributed by atoms with Gasteiger partial charge < -0.3 is 15.4 Å². The lowest BCUT2D eigenvalue weighted by atomic mass is 10.2. The zero-order chi connectivity index (χ0) is 19.0. The van der Waals surface area contributed by atoms with Crippen LogP contribution < -0.4 is 15.4 Å². The van der Waals surface area contributed by atoms with Gasteiger partial charge in [-0.05, 0) is 51.1 Å². The average Bonchev–Trinajstić information content (AvgIpc) is 2.67. The highest BCUT2D eigenvalue weighted by Crippen LogP contribution is 2.33. The Balaban J connectivity index is 1.68. The van der Waals surface area contributed by atoms with Crippen LogP contribution in [0.3, 0.4) is 0 Å². The Hall–Kier alpha value is -3.48. The molecule has 7 heteroatoms. The van der Waals surface area contributed by atoms with Crippen LogP contribution in [0.2, 0.25) is 0 Å². The lowest BCUT2D eigenvalue weighted by Crippen LogP contribution is -2.34. The summed E-state index contributed by atoms with van der Waals surface area (Å²) in [5, 5.41) is 6.18. The molecule has 0 fully saturated rings. The van der Waals surface area contributed by atoms with Crippen LogP contribution in [-0.2, 0) is 4.79 Å². The first-order valence-electron chi connectivity index (χ1n) is 8.65. The van der Waals surface area contributed by atoms with Crippen molar-refractivity contribution in [1.82, 2.24) is 15.0 Å². The van der Waals surface area contributed by atoms with Gasteiger partial charge in [0.25, 0.3) is 5.91 Å². The monoisotopic (exact) mass is 361 g/mol. The molecular formula is C20H19N5O2. The third-order valence-corrected chi connectivity index (χ3v) is 4.48. The van der Waals surface area contributed by atoms with Crippen molar-refractivity contribution < 1.29 is 9.53 Å². The maximum absolute atomic E-state index is 11.8. The van der Waals surface area contributed by atoms with Crippen molar-refractivity contribution >= 4 is 23.1 Å². The molecule has 136 valence electrons. The Labute approximate surface area is 156 Å². The minimum absolute atomic E-state index is 0.160. The second kappa shape index (κ2) is 6.68. The summed E-state index contributed by atoms with van der Waals surface area (Å²) in [7, 11) is 0. The van der Waals surface area contributed by atoms with Crippen molar-refractivity contribution in [2.45, 2.75) is 26.9 Å². The highest BCUT2D eigenvalue weighted by atomic mass is 16.5. The molecule has 1 amide bonds. The number of rotatable bonds is 3. The zero-order valence-electron chi connectivity index (χ0n) is 15.3. The number of carbonyl (C=O) groups excluding carboxylic acids is 1. The van der Waals surface area contributed by atoms with Gasteiger partial charge in [-0.2, -0.15) is 0 Å². The summed E-state index contributed by atoms with van der Waals surface area (Å²) in [5.74, 6) is 1.81. The number of aromatic nitrogens is 3. The van der Waals surface area contributed by atoms with Crippen molar-refractivity contribution in [3.63, 3.8) is 0 Å². The van der Waals surface area contributed by atoms with E-state index >= 15 is 0 Å². The van der Waals surface area contributed by atoms with E-state index in [-0.39, 0.29) is 5.91 Å². The average molecular weight is 361 g/mol. The van der Waals surface area contributed by atoms with Crippen LogP contribution >= 0.6 is 0 Å². The Morgan fingerprint density at radius 1 is 1.19 bits per heavy atom. The molecule has 27 heavy (non-hydrogen) atoms. The molecule has 1 unspecified atom stereocenters. The number of carbonyl (C=O) groups is 1. The van der Waals surface area contributed by atoms with Gasteiger partial charge >= 0.3 is 0 Å². The van der Waals surface area contributed by atoms with Crippen molar-refractivity contribution in [1.29, 1.82) is 0 Å². The molecule has 3 aromatic rings. The van der Waals surface area contributed by atoms with Crippen LogP contribution in [0.15, 0.2) is 42.7 Å². The van der Waals surface area contributed by atoms with Crippen LogP contribution in [0, 0.1) is 13.8 Å². The van der Waals surface area contributed by atoms with Gasteiger partial charge in [-0.25, -0.2) is 9.97 Å². The van der Waals surface area contributed by atoms with E-state index in [9.17, 15) is 4.79 Å². The van der Waals surface area contributed by atoms with Crippen LogP contribution in [0.25, 0.3) is 11.4 Å². The van der Waals surface area contributed by atoms with Gasteiger partial charge in [0.1, 0.15) is 11.6 Å². The number of fused-ring (bicyclic) bond motifs is 1.